The van der Waals surface area contributed by atoms with Crippen LogP contribution in [0.3, 0.4) is 0 Å². The Labute approximate surface area is 217 Å². The number of carbonyl (C=O) groups excluding carboxylic acids is 3. The van der Waals surface area contributed by atoms with Crippen LogP contribution in [-0.2, 0) is 14.8 Å². The zero-order valence-corrected chi connectivity index (χ0v) is 21.9. The van der Waals surface area contributed by atoms with E-state index in [4.69, 9.17) is 11.6 Å². The highest BCUT2D eigenvalue weighted by Gasteiger charge is 2.36. The number of thiophene rings is 1. The molecule has 3 amide bonds. The fourth-order valence-electron chi connectivity index (χ4n) is 3.39. The van der Waals surface area contributed by atoms with Crippen LogP contribution in [0.25, 0.3) is 0 Å². The van der Waals surface area contributed by atoms with Gasteiger partial charge in [-0.05, 0) is 70.6 Å². The number of nitrogens with one attached hydrogen (secondary N) is 4. The number of ketones is 1. The number of hydrogen-bond donors (Lipinski definition) is 4. The molecule has 34 heavy (non-hydrogen) atoms. The third-order valence-corrected chi connectivity index (χ3v) is 8.95. The van der Waals surface area contributed by atoms with Crippen LogP contribution in [0.1, 0.15) is 21.8 Å². The molecule has 0 spiro atoms. The SMILES string of the molecule is CNc1ccc2c(c1)NC(=O)C(c1ccc(NC(=O)NS(=O)(=O)c3ccc(Cl)s3)cc1I)C2=O. The summed E-state index contributed by atoms with van der Waals surface area (Å²) in [6.07, 6.45) is 0. The number of benzene rings is 2. The van der Waals surface area contributed by atoms with Crippen LogP contribution < -0.4 is 20.7 Å². The first-order chi connectivity index (χ1) is 16.1. The van der Waals surface area contributed by atoms with E-state index in [0.29, 0.717) is 20.4 Å². The van der Waals surface area contributed by atoms with Crippen molar-refractivity contribution in [1.29, 1.82) is 0 Å². The first kappa shape index (κ1) is 24.4. The van der Waals surface area contributed by atoms with E-state index in [1.54, 1.807) is 37.4 Å². The highest BCUT2D eigenvalue weighted by Crippen LogP contribution is 2.35. The van der Waals surface area contributed by atoms with Crippen LogP contribution in [-0.4, -0.2) is 33.2 Å². The molecule has 0 aliphatic carbocycles. The van der Waals surface area contributed by atoms with Crippen LogP contribution >= 0.6 is 45.5 Å². The van der Waals surface area contributed by atoms with Gasteiger partial charge in [0.2, 0.25) is 5.91 Å². The average Bonchev–Trinajstić information content (AvgIpc) is 3.21. The van der Waals surface area contributed by atoms with E-state index < -0.39 is 27.9 Å². The summed E-state index contributed by atoms with van der Waals surface area (Å²) in [5, 5.41) is 8.17. The van der Waals surface area contributed by atoms with Gasteiger partial charge >= 0.3 is 6.03 Å². The number of fused-ring (bicyclic) bond motifs is 1. The second-order valence-electron chi connectivity index (χ2n) is 7.15. The number of anilines is 3. The molecule has 1 atom stereocenters. The maximum absolute atomic E-state index is 13.1. The molecule has 1 aliphatic heterocycles. The largest absolute Gasteiger partial charge is 0.388 e. The van der Waals surface area contributed by atoms with Gasteiger partial charge in [0, 0.05) is 27.6 Å². The maximum Gasteiger partial charge on any atom is 0.333 e. The van der Waals surface area contributed by atoms with Gasteiger partial charge in [0.1, 0.15) is 10.1 Å². The van der Waals surface area contributed by atoms with Crippen molar-refractivity contribution in [3.8, 4) is 0 Å². The summed E-state index contributed by atoms with van der Waals surface area (Å²) in [5.74, 6) is -1.84. The Morgan fingerprint density at radius 3 is 2.47 bits per heavy atom. The monoisotopic (exact) mass is 630 g/mol. The Morgan fingerprint density at radius 1 is 1.09 bits per heavy atom. The molecule has 4 rings (SSSR count). The summed E-state index contributed by atoms with van der Waals surface area (Å²) in [5.41, 5.74) is 2.36. The van der Waals surface area contributed by atoms with Gasteiger partial charge in [-0.15, -0.1) is 11.3 Å². The quantitative estimate of drug-likeness (QED) is 0.243. The molecular weight excluding hydrogens is 615 g/mol. The molecule has 2 heterocycles. The lowest BCUT2D eigenvalue weighted by molar-refractivity contribution is -0.116. The Morgan fingerprint density at radius 2 is 1.82 bits per heavy atom. The number of Topliss-reactive ketones (excluding diaryl/α,β-unsaturated/α-hetero) is 1. The lowest BCUT2D eigenvalue weighted by Crippen LogP contribution is -2.34. The van der Waals surface area contributed by atoms with Crippen LogP contribution in [0, 0.1) is 3.57 Å². The third-order valence-electron chi connectivity index (χ3n) is 4.97. The van der Waals surface area contributed by atoms with Crippen LogP contribution in [0.2, 0.25) is 4.34 Å². The van der Waals surface area contributed by atoms with Gasteiger partial charge < -0.3 is 16.0 Å². The molecule has 0 radical (unpaired) electrons. The predicted molar refractivity (Wildman–Crippen MR) is 140 cm³/mol. The number of hydrogen-bond acceptors (Lipinski definition) is 7. The molecule has 1 aromatic heterocycles. The number of carbonyl (C=O) groups is 3. The molecule has 0 fully saturated rings. The Bertz CT molecular complexity index is 1440. The van der Waals surface area contributed by atoms with Gasteiger partial charge in [-0.2, -0.15) is 0 Å². The second-order valence-corrected chi connectivity index (χ2v) is 11.9. The second kappa shape index (κ2) is 9.52. The van der Waals surface area contributed by atoms with Gasteiger partial charge in [0.25, 0.3) is 10.0 Å². The standard InChI is InChI=1S/C21H16ClIN4O5S2/c1-24-10-2-5-13-15(9-10)26-20(29)18(19(13)28)12-4-3-11(8-14(12)23)25-21(30)27-34(31,32)17-7-6-16(22)33-17/h2-9,18,24H,1H3,(H,26,29)(H2,25,27,30). The fraction of sp³-hybridized carbons (Fsp3) is 0.0952. The Balaban J connectivity index is 1.52. The number of amides is 3. The summed E-state index contributed by atoms with van der Waals surface area (Å²) < 4.78 is 27.2. The molecule has 1 aliphatic rings. The average molecular weight is 631 g/mol. The minimum absolute atomic E-state index is 0.0958. The van der Waals surface area contributed by atoms with E-state index in [0.717, 1.165) is 17.0 Å². The summed E-state index contributed by atoms with van der Waals surface area (Å²) in [6.45, 7) is 0. The van der Waals surface area contributed by atoms with Crippen LogP contribution in [0.5, 0.6) is 0 Å². The highest BCUT2D eigenvalue weighted by molar-refractivity contribution is 14.1. The lowest BCUT2D eigenvalue weighted by atomic mass is 9.86. The van der Waals surface area contributed by atoms with Crippen molar-refractivity contribution >= 4 is 90.3 Å². The molecule has 13 heteroatoms. The molecule has 1 unspecified atom stereocenters. The summed E-state index contributed by atoms with van der Waals surface area (Å²) in [4.78, 5) is 38.1. The summed E-state index contributed by atoms with van der Waals surface area (Å²) >= 11 is 8.54. The zero-order chi connectivity index (χ0) is 24.6. The summed E-state index contributed by atoms with van der Waals surface area (Å²) in [6, 6.07) is 11.4. The first-order valence-electron chi connectivity index (χ1n) is 9.64. The summed E-state index contributed by atoms with van der Waals surface area (Å²) in [7, 11) is -2.34. The topological polar surface area (TPSA) is 133 Å². The number of halogens is 2. The molecule has 9 nitrogen and oxygen atoms in total. The van der Waals surface area contributed by atoms with Gasteiger partial charge in [-0.1, -0.05) is 17.7 Å². The van der Waals surface area contributed by atoms with E-state index in [9.17, 15) is 22.8 Å². The van der Waals surface area contributed by atoms with Crippen molar-refractivity contribution in [3.63, 3.8) is 0 Å². The van der Waals surface area contributed by atoms with Crippen LogP contribution in [0.15, 0.2) is 52.7 Å². The van der Waals surface area contributed by atoms with Crippen LogP contribution in [0.4, 0.5) is 21.9 Å². The van der Waals surface area contributed by atoms with Crippen molar-refractivity contribution < 1.29 is 22.8 Å². The molecule has 176 valence electrons. The van der Waals surface area contributed by atoms with E-state index in [2.05, 4.69) is 16.0 Å². The molecule has 0 bridgehead atoms. The maximum atomic E-state index is 13.1. The molecule has 0 saturated heterocycles. The third kappa shape index (κ3) is 4.89. The molecular formula is C21H16ClIN4O5S2. The minimum Gasteiger partial charge on any atom is -0.388 e. The zero-order valence-electron chi connectivity index (χ0n) is 17.3. The smallest absolute Gasteiger partial charge is 0.333 e. The van der Waals surface area contributed by atoms with E-state index >= 15 is 0 Å². The van der Waals surface area contributed by atoms with Crippen molar-refractivity contribution in [2.75, 3.05) is 23.0 Å². The number of sulfonamides is 1. The molecule has 0 saturated carbocycles. The minimum atomic E-state index is -4.07. The normalized spacial score (nSPS) is 15.3. The van der Waals surface area contributed by atoms with Gasteiger partial charge in [0.15, 0.2) is 5.78 Å². The lowest BCUT2D eigenvalue weighted by Gasteiger charge is -2.25. The van der Waals surface area contributed by atoms with E-state index in [1.807, 2.05) is 27.3 Å². The molecule has 3 aromatic rings. The van der Waals surface area contributed by atoms with Gasteiger partial charge in [-0.3, -0.25) is 9.59 Å². The van der Waals surface area contributed by atoms with Gasteiger partial charge in [-0.25, -0.2) is 17.9 Å². The van der Waals surface area contributed by atoms with Crippen molar-refractivity contribution in [2.45, 2.75) is 10.1 Å². The number of rotatable bonds is 5. The van der Waals surface area contributed by atoms with E-state index in [1.165, 1.54) is 18.2 Å². The Hall–Kier alpha value is -2.68. The number of urea groups is 1. The predicted octanol–water partition coefficient (Wildman–Crippen LogP) is 4.48. The van der Waals surface area contributed by atoms with Crippen molar-refractivity contribution in [2.24, 2.45) is 0 Å². The van der Waals surface area contributed by atoms with E-state index in [-0.39, 0.29) is 20.0 Å². The van der Waals surface area contributed by atoms with Crippen molar-refractivity contribution in [1.82, 2.24) is 4.72 Å². The van der Waals surface area contributed by atoms with Crippen molar-refractivity contribution in [3.05, 3.63) is 67.6 Å². The Kier molecular flexibility index (Phi) is 6.85. The molecule has 2 aromatic carbocycles. The fourth-order valence-corrected chi connectivity index (χ4v) is 6.61. The van der Waals surface area contributed by atoms with Gasteiger partial charge in [0.05, 0.1) is 10.0 Å². The first-order valence-corrected chi connectivity index (χ1v) is 13.4. The highest BCUT2D eigenvalue weighted by atomic mass is 127. The molecule has 4 N–H and O–H groups in total.